The second-order valence-corrected chi connectivity index (χ2v) is 8.67. The molecule has 1 rings (SSSR count). The molecule has 1 aromatic rings. The molecule has 4 nitrogen and oxygen atoms in total. The molecule has 0 aromatic heterocycles. The van der Waals surface area contributed by atoms with Crippen molar-refractivity contribution in [3.05, 3.63) is 21.1 Å². The first-order chi connectivity index (χ1) is 9.13. The van der Waals surface area contributed by atoms with Crippen molar-refractivity contribution in [3.8, 4) is 0 Å². The second-order valence-electron chi connectivity index (χ2n) is 5.31. The fraction of sp³-hybridized carbons (Fsp3) is 0.538. The molecule has 7 heteroatoms. The van der Waals surface area contributed by atoms with Gasteiger partial charge < -0.3 is 5.73 Å². The van der Waals surface area contributed by atoms with Crippen LogP contribution in [0.3, 0.4) is 0 Å². The Kier molecular flexibility index (Phi) is 6.50. The van der Waals surface area contributed by atoms with E-state index in [0.717, 1.165) is 12.8 Å². The normalized spacial score (nSPS) is 13.7. The molecule has 1 atom stereocenters. The van der Waals surface area contributed by atoms with Gasteiger partial charge >= 0.3 is 0 Å². The van der Waals surface area contributed by atoms with E-state index >= 15 is 0 Å². The highest BCUT2D eigenvalue weighted by Crippen LogP contribution is 2.32. The Morgan fingerprint density at radius 1 is 1.15 bits per heavy atom. The number of halogens is 2. The van der Waals surface area contributed by atoms with Crippen LogP contribution in [0.25, 0.3) is 0 Å². The number of nitrogens with one attached hydrogen (secondary N) is 1. The van der Waals surface area contributed by atoms with Gasteiger partial charge in [0.1, 0.15) is 4.90 Å². The van der Waals surface area contributed by atoms with E-state index in [1.807, 2.05) is 6.92 Å². The molecule has 0 aliphatic rings. The van der Waals surface area contributed by atoms with Crippen LogP contribution in [-0.4, -0.2) is 14.5 Å². The van der Waals surface area contributed by atoms with Crippen LogP contribution in [0, 0.1) is 5.92 Å². The molecule has 3 N–H and O–H groups in total. The molecule has 0 amide bonds. The third-order valence-corrected chi connectivity index (χ3v) is 6.29. The summed E-state index contributed by atoms with van der Waals surface area (Å²) in [6, 6.07) is 3.05. The number of rotatable bonds is 6. The predicted octanol–water partition coefficient (Wildman–Crippen LogP) is 3.90. The first-order valence-electron chi connectivity index (χ1n) is 6.40. The van der Waals surface area contributed by atoms with E-state index in [2.05, 4.69) is 50.4 Å². The standard InChI is InChI=1S/C13H20Br2N2O2S/c1-8(2)4-5-9(3)17-20(18,19)13-11(14)6-10(16)7-12(13)15/h6-9,17H,4-5,16H2,1-3H3. The van der Waals surface area contributed by atoms with Crippen molar-refractivity contribution in [1.82, 2.24) is 4.72 Å². The van der Waals surface area contributed by atoms with Crippen molar-refractivity contribution in [2.75, 3.05) is 5.73 Å². The van der Waals surface area contributed by atoms with Crippen molar-refractivity contribution in [2.24, 2.45) is 5.92 Å². The Morgan fingerprint density at radius 2 is 1.65 bits per heavy atom. The summed E-state index contributed by atoms with van der Waals surface area (Å²) in [5, 5.41) is 0. The van der Waals surface area contributed by atoms with Gasteiger partial charge in [-0.2, -0.15) is 0 Å². The summed E-state index contributed by atoms with van der Waals surface area (Å²) in [7, 11) is -3.58. The molecule has 1 unspecified atom stereocenters. The van der Waals surface area contributed by atoms with Gasteiger partial charge in [0, 0.05) is 20.7 Å². The number of nitrogen functional groups attached to an aromatic ring is 1. The van der Waals surface area contributed by atoms with Gasteiger partial charge in [0.25, 0.3) is 0 Å². The van der Waals surface area contributed by atoms with E-state index in [-0.39, 0.29) is 10.9 Å². The van der Waals surface area contributed by atoms with E-state index in [0.29, 0.717) is 20.6 Å². The monoisotopic (exact) mass is 426 g/mol. The van der Waals surface area contributed by atoms with Gasteiger partial charge in [-0.3, -0.25) is 0 Å². The summed E-state index contributed by atoms with van der Waals surface area (Å²) in [4.78, 5) is 0.183. The number of benzene rings is 1. The van der Waals surface area contributed by atoms with Crippen molar-refractivity contribution in [1.29, 1.82) is 0 Å². The number of anilines is 1. The average molecular weight is 428 g/mol. The second kappa shape index (κ2) is 7.24. The molecular formula is C13H20Br2N2O2S. The fourth-order valence-electron chi connectivity index (χ4n) is 1.80. The maximum absolute atomic E-state index is 12.4. The van der Waals surface area contributed by atoms with E-state index in [4.69, 9.17) is 5.73 Å². The highest BCUT2D eigenvalue weighted by atomic mass is 79.9. The van der Waals surface area contributed by atoms with Gasteiger partial charge in [0.15, 0.2) is 0 Å². The minimum atomic E-state index is -3.58. The maximum Gasteiger partial charge on any atom is 0.243 e. The van der Waals surface area contributed by atoms with Gasteiger partial charge in [0.2, 0.25) is 10.0 Å². The lowest BCUT2D eigenvalue weighted by atomic mass is 10.1. The molecule has 0 aliphatic heterocycles. The molecule has 0 bridgehead atoms. The van der Waals surface area contributed by atoms with Crippen molar-refractivity contribution >= 4 is 47.6 Å². The third-order valence-electron chi connectivity index (χ3n) is 2.82. The molecule has 0 saturated heterocycles. The van der Waals surface area contributed by atoms with Gasteiger partial charge in [0.05, 0.1) is 0 Å². The van der Waals surface area contributed by atoms with Crippen LogP contribution in [0.15, 0.2) is 26.0 Å². The summed E-state index contributed by atoms with van der Waals surface area (Å²) < 4.78 is 28.5. The number of sulfonamides is 1. The molecule has 20 heavy (non-hydrogen) atoms. The molecule has 114 valence electrons. The minimum Gasteiger partial charge on any atom is -0.399 e. The van der Waals surface area contributed by atoms with Crippen LogP contribution in [0.2, 0.25) is 0 Å². The molecule has 0 saturated carbocycles. The topological polar surface area (TPSA) is 72.2 Å². The minimum absolute atomic E-state index is 0.112. The van der Waals surface area contributed by atoms with Crippen molar-refractivity contribution in [3.63, 3.8) is 0 Å². The first-order valence-corrected chi connectivity index (χ1v) is 9.47. The highest BCUT2D eigenvalue weighted by Gasteiger charge is 2.23. The zero-order chi connectivity index (χ0) is 15.5. The highest BCUT2D eigenvalue weighted by molar-refractivity contribution is 9.11. The SMILES string of the molecule is CC(C)CCC(C)NS(=O)(=O)c1c(Br)cc(N)cc1Br. The van der Waals surface area contributed by atoms with Crippen molar-refractivity contribution in [2.45, 2.75) is 44.6 Å². The van der Waals surface area contributed by atoms with Crippen molar-refractivity contribution < 1.29 is 8.42 Å². The molecule has 0 fully saturated rings. The van der Waals surface area contributed by atoms with Gasteiger partial charge in [-0.15, -0.1) is 0 Å². The summed E-state index contributed by atoms with van der Waals surface area (Å²) in [5.74, 6) is 0.553. The lowest BCUT2D eigenvalue weighted by Crippen LogP contribution is -2.33. The zero-order valence-corrected chi connectivity index (χ0v) is 15.8. The van der Waals surface area contributed by atoms with E-state index in [1.54, 1.807) is 12.1 Å². The smallest absolute Gasteiger partial charge is 0.243 e. The van der Waals surface area contributed by atoms with Crippen LogP contribution >= 0.6 is 31.9 Å². The van der Waals surface area contributed by atoms with Gasteiger partial charge in [-0.1, -0.05) is 13.8 Å². The van der Waals surface area contributed by atoms with E-state index < -0.39 is 10.0 Å². The Balaban J connectivity index is 2.95. The van der Waals surface area contributed by atoms with Crippen LogP contribution < -0.4 is 10.5 Å². The Bertz CT molecular complexity index is 551. The summed E-state index contributed by atoms with van der Waals surface area (Å²) in [6.07, 6.45) is 1.79. The quantitative estimate of drug-likeness (QED) is 0.676. The largest absolute Gasteiger partial charge is 0.399 e. The Hall–Kier alpha value is -0.110. The summed E-state index contributed by atoms with van der Waals surface area (Å²) in [5.41, 5.74) is 6.17. The lowest BCUT2D eigenvalue weighted by Gasteiger charge is -2.17. The molecule has 0 spiro atoms. The third kappa shape index (κ3) is 5.02. The lowest BCUT2D eigenvalue weighted by molar-refractivity contribution is 0.485. The Labute approximate surface area is 137 Å². The molecule has 0 heterocycles. The fourth-order valence-corrected chi connectivity index (χ4v) is 5.70. The van der Waals surface area contributed by atoms with Crippen LogP contribution in [0.5, 0.6) is 0 Å². The first kappa shape index (κ1) is 17.9. The van der Waals surface area contributed by atoms with Crippen LogP contribution in [-0.2, 0) is 10.0 Å². The van der Waals surface area contributed by atoms with E-state index in [1.165, 1.54) is 0 Å². The molecule has 0 aliphatic carbocycles. The van der Waals surface area contributed by atoms with Gasteiger partial charge in [-0.25, -0.2) is 13.1 Å². The molecule has 1 aromatic carbocycles. The number of nitrogens with two attached hydrogens (primary N) is 1. The van der Waals surface area contributed by atoms with Crippen LogP contribution in [0.4, 0.5) is 5.69 Å². The summed E-state index contributed by atoms with van der Waals surface area (Å²) in [6.45, 7) is 6.11. The zero-order valence-electron chi connectivity index (χ0n) is 11.8. The number of hydrogen-bond donors (Lipinski definition) is 2. The number of hydrogen-bond acceptors (Lipinski definition) is 3. The molecular weight excluding hydrogens is 408 g/mol. The molecule has 0 radical (unpaired) electrons. The van der Waals surface area contributed by atoms with Crippen LogP contribution in [0.1, 0.15) is 33.6 Å². The van der Waals surface area contributed by atoms with E-state index in [9.17, 15) is 8.42 Å². The predicted molar refractivity (Wildman–Crippen MR) is 90.1 cm³/mol. The summed E-state index contributed by atoms with van der Waals surface area (Å²) >= 11 is 6.51. The van der Waals surface area contributed by atoms with Gasteiger partial charge in [-0.05, 0) is 69.7 Å². The maximum atomic E-state index is 12.4. The average Bonchev–Trinajstić information content (AvgIpc) is 2.23. The Morgan fingerprint density at radius 3 is 2.10 bits per heavy atom.